The van der Waals surface area contributed by atoms with Crippen molar-refractivity contribution in [2.24, 2.45) is 11.1 Å². The predicted octanol–water partition coefficient (Wildman–Crippen LogP) is 2.25. The summed E-state index contributed by atoms with van der Waals surface area (Å²) in [6, 6.07) is 0.343. The molecule has 1 atom stereocenters. The van der Waals surface area contributed by atoms with Crippen molar-refractivity contribution in [3.63, 3.8) is 0 Å². The maximum atomic E-state index is 6.18. The Morgan fingerprint density at radius 1 is 1.29 bits per heavy atom. The van der Waals surface area contributed by atoms with E-state index in [-0.39, 0.29) is 0 Å². The van der Waals surface area contributed by atoms with E-state index in [1.54, 1.807) is 0 Å². The average Bonchev–Trinajstić information content (AvgIpc) is 2.25. The third-order valence-electron chi connectivity index (χ3n) is 3.56. The predicted molar refractivity (Wildman–Crippen MR) is 73.1 cm³/mol. The van der Waals surface area contributed by atoms with Gasteiger partial charge in [-0.25, -0.2) is 0 Å². The Balaban J connectivity index is 2.15. The summed E-state index contributed by atoms with van der Waals surface area (Å²) >= 11 is 0. The summed E-state index contributed by atoms with van der Waals surface area (Å²) in [5.41, 5.74) is 6.53. The van der Waals surface area contributed by atoms with E-state index in [1.165, 1.54) is 25.9 Å². The standard InChI is InChI=1S/C14H30N2O/c1-14(2,3)11-12(15)5-8-16-9-6-13(17-4)7-10-16/h12-13H,5-11,15H2,1-4H3. The molecule has 1 heterocycles. The molecular formula is C14H30N2O. The lowest BCUT2D eigenvalue weighted by Crippen LogP contribution is -2.39. The van der Waals surface area contributed by atoms with E-state index in [2.05, 4.69) is 25.7 Å². The molecule has 0 aromatic rings. The highest BCUT2D eigenvalue weighted by atomic mass is 16.5. The number of hydrogen-bond acceptors (Lipinski definition) is 3. The molecule has 3 heteroatoms. The molecule has 0 saturated carbocycles. The van der Waals surface area contributed by atoms with Crippen LogP contribution in [0, 0.1) is 5.41 Å². The molecule has 0 aromatic heterocycles. The number of nitrogens with two attached hydrogens (primary N) is 1. The van der Waals surface area contributed by atoms with Gasteiger partial charge in [0.1, 0.15) is 0 Å². The van der Waals surface area contributed by atoms with Gasteiger partial charge in [0.2, 0.25) is 0 Å². The molecule has 1 aliphatic heterocycles. The summed E-state index contributed by atoms with van der Waals surface area (Å²) in [6.07, 6.45) is 5.06. The van der Waals surface area contributed by atoms with Crippen molar-refractivity contribution < 1.29 is 4.74 Å². The summed E-state index contributed by atoms with van der Waals surface area (Å²) in [7, 11) is 1.82. The van der Waals surface area contributed by atoms with Crippen LogP contribution in [0.15, 0.2) is 0 Å². The first kappa shape index (κ1) is 14.9. The topological polar surface area (TPSA) is 38.5 Å². The van der Waals surface area contributed by atoms with Crippen molar-refractivity contribution in [3.05, 3.63) is 0 Å². The number of nitrogens with zero attached hydrogens (tertiary/aromatic N) is 1. The molecular weight excluding hydrogens is 212 g/mol. The molecule has 1 aliphatic rings. The van der Waals surface area contributed by atoms with Gasteiger partial charge in [0.05, 0.1) is 6.10 Å². The van der Waals surface area contributed by atoms with Crippen molar-refractivity contribution in [1.82, 2.24) is 4.90 Å². The van der Waals surface area contributed by atoms with Crippen LogP contribution in [0.4, 0.5) is 0 Å². The number of likely N-dealkylation sites (tertiary alicyclic amines) is 1. The van der Waals surface area contributed by atoms with Crippen molar-refractivity contribution in [2.75, 3.05) is 26.7 Å². The summed E-state index contributed by atoms with van der Waals surface area (Å²) in [5, 5.41) is 0. The zero-order valence-corrected chi connectivity index (χ0v) is 12.0. The zero-order chi connectivity index (χ0) is 12.9. The van der Waals surface area contributed by atoms with E-state index in [0.717, 1.165) is 19.4 Å². The first-order chi connectivity index (χ1) is 7.90. The molecule has 1 rings (SSSR count). The highest BCUT2D eigenvalue weighted by molar-refractivity contribution is 4.76. The normalized spacial score (nSPS) is 21.7. The lowest BCUT2D eigenvalue weighted by molar-refractivity contribution is 0.0401. The number of rotatable bonds is 5. The lowest BCUT2D eigenvalue weighted by atomic mass is 9.87. The fourth-order valence-electron chi connectivity index (χ4n) is 2.61. The first-order valence-electron chi connectivity index (χ1n) is 6.91. The van der Waals surface area contributed by atoms with E-state index in [0.29, 0.717) is 17.6 Å². The fourth-order valence-corrected chi connectivity index (χ4v) is 2.61. The second kappa shape index (κ2) is 6.72. The summed E-state index contributed by atoms with van der Waals surface area (Å²) < 4.78 is 5.38. The molecule has 1 unspecified atom stereocenters. The van der Waals surface area contributed by atoms with Crippen LogP contribution in [0.2, 0.25) is 0 Å². The molecule has 0 spiro atoms. The highest BCUT2D eigenvalue weighted by Gasteiger charge is 2.20. The van der Waals surface area contributed by atoms with Crippen LogP contribution in [0.5, 0.6) is 0 Å². The van der Waals surface area contributed by atoms with Gasteiger partial charge in [0.25, 0.3) is 0 Å². The van der Waals surface area contributed by atoms with E-state index in [4.69, 9.17) is 10.5 Å². The van der Waals surface area contributed by atoms with Crippen molar-refractivity contribution in [2.45, 2.75) is 58.6 Å². The Morgan fingerprint density at radius 2 is 1.88 bits per heavy atom. The summed E-state index contributed by atoms with van der Waals surface area (Å²) in [5.74, 6) is 0. The molecule has 0 radical (unpaired) electrons. The summed E-state index contributed by atoms with van der Waals surface area (Å²) in [4.78, 5) is 2.53. The molecule has 102 valence electrons. The quantitative estimate of drug-likeness (QED) is 0.803. The molecule has 1 fully saturated rings. The minimum Gasteiger partial charge on any atom is -0.381 e. The Bertz CT molecular complexity index is 205. The fraction of sp³-hybridized carbons (Fsp3) is 1.00. The van der Waals surface area contributed by atoms with Gasteiger partial charge in [0.15, 0.2) is 0 Å². The number of methoxy groups -OCH3 is 1. The highest BCUT2D eigenvalue weighted by Crippen LogP contribution is 2.21. The molecule has 1 saturated heterocycles. The van der Waals surface area contributed by atoms with Gasteiger partial charge in [-0.1, -0.05) is 20.8 Å². The van der Waals surface area contributed by atoms with E-state index in [9.17, 15) is 0 Å². The minimum absolute atomic E-state index is 0.343. The van der Waals surface area contributed by atoms with Gasteiger partial charge >= 0.3 is 0 Å². The Hall–Kier alpha value is -0.120. The maximum Gasteiger partial charge on any atom is 0.0595 e. The van der Waals surface area contributed by atoms with Crippen LogP contribution < -0.4 is 5.73 Å². The van der Waals surface area contributed by atoms with Gasteiger partial charge in [-0.3, -0.25) is 0 Å². The largest absolute Gasteiger partial charge is 0.381 e. The average molecular weight is 242 g/mol. The SMILES string of the molecule is COC1CCN(CCC(N)CC(C)(C)C)CC1. The molecule has 17 heavy (non-hydrogen) atoms. The van der Waals surface area contributed by atoms with E-state index < -0.39 is 0 Å². The molecule has 0 aromatic carbocycles. The Kier molecular flexibility index (Phi) is 5.90. The van der Waals surface area contributed by atoms with Crippen molar-refractivity contribution >= 4 is 0 Å². The van der Waals surface area contributed by atoms with Crippen LogP contribution in [-0.2, 0) is 4.74 Å². The third-order valence-corrected chi connectivity index (χ3v) is 3.56. The van der Waals surface area contributed by atoms with Gasteiger partial charge in [-0.2, -0.15) is 0 Å². The third kappa shape index (κ3) is 6.39. The maximum absolute atomic E-state index is 6.18. The molecule has 2 N–H and O–H groups in total. The van der Waals surface area contributed by atoms with Crippen molar-refractivity contribution in [1.29, 1.82) is 0 Å². The van der Waals surface area contributed by atoms with Crippen LogP contribution in [0.25, 0.3) is 0 Å². The Morgan fingerprint density at radius 3 is 2.35 bits per heavy atom. The zero-order valence-electron chi connectivity index (χ0n) is 12.0. The minimum atomic E-state index is 0.343. The Labute approximate surface area is 107 Å². The second-order valence-corrected chi connectivity index (χ2v) is 6.59. The first-order valence-corrected chi connectivity index (χ1v) is 6.91. The molecule has 0 aliphatic carbocycles. The summed E-state index contributed by atoms with van der Waals surface area (Å²) in [6.45, 7) is 10.3. The van der Waals surface area contributed by atoms with Gasteiger partial charge in [-0.05, 0) is 37.6 Å². The number of ether oxygens (including phenoxy) is 1. The van der Waals surface area contributed by atoms with Crippen LogP contribution in [0.1, 0.15) is 46.5 Å². The van der Waals surface area contributed by atoms with E-state index in [1.807, 2.05) is 7.11 Å². The van der Waals surface area contributed by atoms with Crippen molar-refractivity contribution in [3.8, 4) is 0 Å². The van der Waals surface area contributed by atoms with Crippen LogP contribution in [-0.4, -0.2) is 43.8 Å². The van der Waals surface area contributed by atoms with Gasteiger partial charge in [0, 0.05) is 26.2 Å². The molecule has 0 amide bonds. The monoisotopic (exact) mass is 242 g/mol. The second-order valence-electron chi connectivity index (χ2n) is 6.59. The van der Waals surface area contributed by atoms with E-state index >= 15 is 0 Å². The van der Waals surface area contributed by atoms with Gasteiger partial charge in [-0.15, -0.1) is 0 Å². The van der Waals surface area contributed by atoms with Crippen LogP contribution in [0.3, 0.4) is 0 Å². The number of hydrogen-bond donors (Lipinski definition) is 1. The van der Waals surface area contributed by atoms with Crippen LogP contribution >= 0.6 is 0 Å². The number of piperidine rings is 1. The molecule has 3 nitrogen and oxygen atoms in total. The smallest absolute Gasteiger partial charge is 0.0595 e. The molecule has 0 bridgehead atoms. The lowest BCUT2D eigenvalue weighted by Gasteiger charge is -2.32. The van der Waals surface area contributed by atoms with Gasteiger partial charge < -0.3 is 15.4 Å².